The summed E-state index contributed by atoms with van der Waals surface area (Å²) in [5.74, 6) is 6.07. The Kier molecular flexibility index (Phi) is 112. The number of aliphatic carboxylic acids is 1. The van der Waals surface area contributed by atoms with E-state index in [-0.39, 0.29) is 5.75 Å². The maximum absolute atomic E-state index is 9.76. The van der Waals surface area contributed by atoms with Gasteiger partial charge in [0, 0.05) is 163 Å². The second-order valence-corrected chi connectivity index (χ2v) is 49.8. The third kappa shape index (κ3) is 100. The van der Waals surface area contributed by atoms with E-state index in [4.69, 9.17) is 68.8 Å². The molecule has 0 amide bonds. The van der Waals surface area contributed by atoms with E-state index in [1.54, 1.807) is 6.07 Å². The normalized spacial score (nSPS) is 11.8. The molecule has 0 aliphatic heterocycles. The van der Waals surface area contributed by atoms with Crippen LogP contribution in [0.5, 0.6) is 0 Å². The highest BCUT2D eigenvalue weighted by atomic mass is 79.9. The zero-order valence-electron chi connectivity index (χ0n) is 82.1. The number of rotatable bonds is 19. The Labute approximate surface area is 1080 Å². The van der Waals surface area contributed by atoms with Crippen molar-refractivity contribution in [3.63, 3.8) is 0 Å². The zero-order chi connectivity index (χ0) is 112. The van der Waals surface area contributed by atoms with Gasteiger partial charge in [0.25, 0.3) is 0 Å². The van der Waals surface area contributed by atoms with Crippen molar-refractivity contribution < 1.29 is 9.90 Å². The van der Waals surface area contributed by atoms with E-state index >= 15 is 0 Å². The minimum atomic E-state index is -1.00. The number of carbonyl (C=O) groups is 1. The maximum Gasteiger partial charge on any atom is 0.321 e. The van der Waals surface area contributed by atoms with Gasteiger partial charge in [-0.3, -0.25) is 4.79 Å². The van der Waals surface area contributed by atoms with E-state index in [9.17, 15) is 4.79 Å². The first-order valence-electron chi connectivity index (χ1n) is 46.1. The van der Waals surface area contributed by atoms with Gasteiger partial charge in [-0.2, -0.15) is 177 Å². The molecule has 0 bridgehead atoms. The lowest BCUT2D eigenvalue weighted by Gasteiger charge is -2.14. The summed E-state index contributed by atoms with van der Waals surface area (Å²) in [7, 11) is 0. The number of unbranched alkanes of at least 4 members (excludes halogenated alkanes) is 7. The van der Waals surface area contributed by atoms with Crippen molar-refractivity contribution in [1.29, 1.82) is 0 Å². The second-order valence-electron chi connectivity index (χ2n) is 31.0. The topological polar surface area (TPSA) is 63.3 Å². The van der Waals surface area contributed by atoms with Gasteiger partial charge < -0.3 is 10.8 Å². The molecule has 12 aromatic rings. The molecule has 816 valence electrons. The molecule has 12 aromatic carbocycles. The van der Waals surface area contributed by atoms with Gasteiger partial charge in [0.2, 0.25) is 0 Å². The molecule has 0 radical (unpaired) electrons. The highest BCUT2D eigenvalue weighted by Crippen LogP contribution is 2.28. The van der Waals surface area contributed by atoms with E-state index in [0.717, 1.165) is 159 Å². The SMILES string of the molecule is CC(S)C(C)S.CCC(S)CS.NC(CS)C(=O)O.SC1CCCC1.SC1CCCCC1.SCCCCCCCCCCS.SCc1ccc(Cl)cc1.SCc1cccc(CS)c1.SCc1ccccc1Br.SCc1ccccc1Cl.Sc1cc(S)cc(Br)c1.Sc1cc(S)cc(S)c1.Sc1ccc(Cl)cc1.Sc1cccc(Br)c1.Sc1cccc(Cl)c1.Sc1cccc(S)c1.Sc1ccccc1Br.Sc1ccccc1Cl. The fourth-order valence-electron chi connectivity index (χ4n) is 10.1. The molecule has 4 atom stereocenters. The number of hydrogen-bond donors (Lipinski definition) is 28. The van der Waals surface area contributed by atoms with Gasteiger partial charge in [0.1, 0.15) is 6.04 Å². The third-order valence-electron chi connectivity index (χ3n) is 18.3. The monoisotopic (exact) mass is 2820 g/mol. The van der Waals surface area contributed by atoms with Crippen molar-refractivity contribution in [2.45, 2.75) is 256 Å². The molecule has 2 aliphatic carbocycles. The summed E-state index contributed by atoms with van der Waals surface area (Å²) in [5, 5.41) is 14.6. The average molecular weight is 2830 g/mol. The standard InChI is InChI=1S/C10H22S2.C8H10S2.C7H7BrS.2C7H7ClS.C6H5BrS2.2C6H5BrS.3C6H5ClS.C6H6S3.C6H6S2.C6H12S.C5H10S.2C4H10S2.C3H7NO2S/c11-9-7-5-3-1-2-4-6-8-10-12;9-5-7-2-1-3-8(4-7)6-10;8-7-4-2-1-3-6(7)5-9;8-7-3-1-6(5-9)2-4-7;8-7-4-2-1-3-6(7)5-9;7-4-1-5(8)3-6(9)2-4;7-5-2-1-3-6(8)4-5;7-5-3-1-2-4-6(5)8;7-5-1-3-6(8)4-2-5;7-5-2-1-3-6(8)4-5;7-5-3-1-2-4-6(5)8;7-4-1-5(8)3-6(9)2-4;7-5-2-1-3-6(8)4-5;7-6-4-2-1-3-5-6;6-5-3-1-2-4-5;1-3(5)4(2)6;1-2-4(6)3-5;4-2(1-7)3(5)6/h11-12H,1-10H2;1-4,9-10H,5-6H2;3*1-4,9H,5H2;1-3,8-9H;5*1-4,8H;1-3,7-9H;1-4,7-8H;6-7H,1-5H2;5-6H,1-4H2;3-6H,1-2H3;4-6H,2-3H2,1H3;2,7H,1,4H2,(H,5,6). The summed E-state index contributed by atoms with van der Waals surface area (Å²) in [6.45, 7) is 6.16. The number of carboxylic acids is 1. The molecule has 147 heavy (non-hydrogen) atoms. The summed E-state index contributed by atoms with van der Waals surface area (Å²) in [5.41, 5.74) is 11.0. The van der Waals surface area contributed by atoms with E-state index in [1.165, 1.54) is 131 Å². The van der Waals surface area contributed by atoms with E-state index in [2.05, 4.69) is 423 Å². The first-order valence-corrected chi connectivity index (χ1v) is 64.8. The Bertz CT molecular complexity index is 4720. The van der Waals surface area contributed by atoms with Crippen LogP contribution in [0, 0.1) is 0 Å². The fourth-order valence-corrected chi connectivity index (χ4v) is 19.4. The highest BCUT2D eigenvalue weighted by molar-refractivity contribution is 9.11. The minimum absolute atomic E-state index is 0.190. The number of benzene rings is 12. The minimum Gasteiger partial charge on any atom is -0.480 e. The summed E-state index contributed by atoms with van der Waals surface area (Å²) < 4.78 is 4.27. The van der Waals surface area contributed by atoms with Crippen LogP contribution in [-0.4, -0.2) is 66.4 Å². The highest BCUT2D eigenvalue weighted by Gasteiger charge is 2.10. The smallest absolute Gasteiger partial charge is 0.321 e. The van der Waals surface area contributed by atoms with Crippen LogP contribution in [0.2, 0.25) is 25.1 Å². The van der Waals surface area contributed by atoms with Crippen molar-refractivity contribution in [2.75, 3.05) is 23.0 Å². The predicted molar refractivity (Wildman–Crippen MR) is 759 cm³/mol. The Hall–Kier alpha value is 2.54. The van der Waals surface area contributed by atoms with Crippen LogP contribution in [0.15, 0.2) is 356 Å². The van der Waals surface area contributed by atoms with Crippen molar-refractivity contribution in [3.05, 3.63) is 350 Å². The number of halogens is 9. The van der Waals surface area contributed by atoms with Gasteiger partial charge in [-0.25, -0.2) is 0 Å². The Morgan fingerprint density at radius 1 is 0.327 bits per heavy atom. The van der Waals surface area contributed by atoms with Crippen LogP contribution in [0.4, 0.5) is 0 Å². The second kappa shape index (κ2) is 106. The number of nitrogens with two attached hydrogens (primary N) is 1. The molecule has 0 heterocycles. The Balaban J connectivity index is -0.000000738. The lowest BCUT2D eigenvalue weighted by atomic mass is 10.0. The lowest BCUT2D eigenvalue weighted by Crippen LogP contribution is -2.31. The number of thiol groups is 26. The van der Waals surface area contributed by atoms with E-state index in [1.807, 2.05) is 263 Å². The molecular formula is C109H144Br4Cl5NO2S26. The first-order chi connectivity index (χ1) is 69.8. The van der Waals surface area contributed by atoms with Gasteiger partial charge in [-0.05, 0) is 264 Å². The van der Waals surface area contributed by atoms with Crippen LogP contribution in [-0.2, 0) is 33.6 Å². The summed E-state index contributed by atoms with van der Waals surface area (Å²) in [6.07, 6.45) is 24.6. The van der Waals surface area contributed by atoms with Crippen molar-refractivity contribution >= 4 is 456 Å². The molecule has 2 aliphatic rings. The van der Waals surface area contributed by atoms with Crippen LogP contribution in [0.3, 0.4) is 0 Å². The van der Waals surface area contributed by atoms with Gasteiger partial charge in [0.05, 0.1) is 5.02 Å². The van der Waals surface area contributed by atoms with Crippen molar-refractivity contribution in [2.24, 2.45) is 5.73 Å². The largest absolute Gasteiger partial charge is 0.480 e. The molecule has 0 spiro atoms. The molecule has 38 heteroatoms. The molecule has 3 nitrogen and oxygen atoms in total. The molecule has 2 saturated carbocycles. The molecular weight excluding hydrogens is 2690 g/mol. The lowest BCUT2D eigenvalue weighted by molar-refractivity contribution is -0.137. The molecule has 14 rings (SSSR count). The van der Waals surface area contributed by atoms with Crippen molar-refractivity contribution in [1.82, 2.24) is 0 Å². The summed E-state index contributed by atoms with van der Waals surface area (Å²) in [4.78, 5) is 20.8. The average Bonchev–Trinajstić information content (AvgIpc) is 1.18. The fraction of sp³-hybridized carbons (Fsp3) is 0.330. The van der Waals surface area contributed by atoms with Crippen LogP contribution in [0.25, 0.3) is 0 Å². The van der Waals surface area contributed by atoms with Gasteiger partial charge in [-0.15, -0.1) is 152 Å². The van der Waals surface area contributed by atoms with Crippen LogP contribution in [0.1, 0.15) is 164 Å². The Morgan fingerprint density at radius 3 is 0.905 bits per heavy atom. The number of carboxylic acid groups (broad SMARTS) is 1. The summed E-state index contributed by atoms with van der Waals surface area (Å²) >= 11 is 149. The van der Waals surface area contributed by atoms with Gasteiger partial charge in [0.15, 0.2) is 0 Å². The third-order valence-corrected chi connectivity index (χ3v) is 32.3. The van der Waals surface area contributed by atoms with E-state index < -0.39 is 12.0 Å². The zero-order valence-corrected chi connectivity index (χ0v) is 115. The molecule has 0 aromatic heterocycles. The first kappa shape index (κ1) is 156. The molecule has 2 fully saturated rings. The molecule has 0 saturated heterocycles. The van der Waals surface area contributed by atoms with Crippen LogP contribution >= 0.6 is 450 Å². The Morgan fingerprint density at radius 2 is 0.667 bits per heavy atom. The van der Waals surface area contributed by atoms with Gasteiger partial charge >= 0.3 is 5.97 Å². The number of hydrogen-bond acceptors (Lipinski definition) is 28. The molecule has 3 N–H and O–H groups in total. The predicted octanol–water partition coefficient (Wildman–Crippen LogP) is 42.8. The van der Waals surface area contributed by atoms with Crippen molar-refractivity contribution in [3.8, 4) is 0 Å². The maximum atomic E-state index is 9.76. The summed E-state index contributed by atoms with van der Waals surface area (Å²) in [6, 6.07) is 87.7. The molecule has 4 unspecified atom stereocenters. The quantitative estimate of drug-likeness (QED) is 0.0295. The van der Waals surface area contributed by atoms with Crippen LogP contribution < -0.4 is 5.73 Å². The van der Waals surface area contributed by atoms with E-state index in [0.29, 0.717) is 26.5 Å². The van der Waals surface area contributed by atoms with Gasteiger partial charge in [-0.1, -0.05) is 312 Å².